The lowest BCUT2D eigenvalue weighted by Crippen LogP contribution is -2.20. The summed E-state index contributed by atoms with van der Waals surface area (Å²) in [5, 5.41) is 3.26. The number of fused-ring (bicyclic) bond motifs is 1. The number of esters is 1. The highest BCUT2D eigenvalue weighted by atomic mass is 35.5. The molecule has 3 rings (SSSR count). The molecule has 0 spiro atoms. The van der Waals surface area contributed by atoms with Crippen molar-refractivity contribution in [2.24, 2.45) is 0 Å². The number of aromatic nitrogens is 2. The number of pyridine rings is 1. The van der Waals surface area contributed by atoms with Gasteiger partial charge in [0, 0.05) is 12.3 Å². The number of rotatable bonds is 5. The molecule has 0 fully saturated rings. The van der Waals surface area contributed by atoms with Gasteiger partial charge < -0.3 is 10.1 Å². The maximum atomic E-state index is 11.9. The largest absolute Gasteiger partial charge is 0.452 e. The number of carbonyl (C=O) groups is 2. The van der Waals surface area contributed by atoms with Gasteiger partial charge in [0.1, 0.15) is 5.65 Å². The number of imidazole rings is 1. The van der Waals surface area contributed by atoms with E-state index in [1.165, 1.54) is 12.2 Å². The smallest absolute Gasteiger partial charge is 0.331 e. The summed E-state index contributed by atoms with van der Waals surface area (Å²) in [5.41, 5.74) is 2.63. The number of hydrogen-bond donors (Lipinski definition) is 1. The van der Waals surface area contributed by atoms with E-state index in [2.05, 4.69) is 10.3 Å². The molecule has 2 aromatic heterocycles. The predicted octanol–water partition coefficient (Wildman–Crippen LogP) is 4.14. The van der Waals surface area contributed by atoms with Gasteiger partial charge >= 0.3 is 5.97 Å². The number of nitrogens with zero attached hydrogens (tertiary/aromatic N) is 2. The molecule has 0 saturated heterocycles. The van der Waals surface area contributed by atoms with Crippen LogP contribution in [0.4, 0.5) is 5.69 Å². The Hall–Kier alpha value is -2.83. The van der Waals surface area contributed by atoms with E-state index in [4.69, 9.17) is 27.9 Å². The van der Waals surface area contributed by atoms with E-state index < -0.39 is 18.5 Å². The Kier molecular flexibility index (Phi) is 5.78. The normalized spacial score (nSPS) is 11.1. The van der Waals surface area contributed by atoms with Crippen LogP contribution in [0.5, 0.6) is 0 Å². The minimum Gasteiger partial charge on any atom is -0.452 e. The van der Waals surface area contributed by atoms with Gasteiger partial charge in [-0.05, 0) is 42.8 Å². The summed E-state index contributed by atoms with van der Waals surface area (Å²) in [6.45, 7) is 1.45. The molecule has 0 aliphatic heterocycles. The Labute approximate surface area is 165 Å². The van der Waals surface area contributed by atoms with E-state index in [1.54, 1.807) is 28.8 Å². The number of halogens is 2. The van der Waals surface area contributed by atoms with Crippen LogP contribution >= 0.6 is 23.2 Å². The Balaban J connectivity index is 1.58. The second-order valence-corrected chi connectivity index (χ2v) is 6.45. The second-order valence-electron chi connectivity index (χ2n) is 5.69. The van der Waals surface area contributed by atoms with Crippen molar-refractivity contribution < 1.29 is 14.3 Å². The molecule has 27 heavy (non-hydrogen) atoms. The zero-order valence-corrected chi connectivity index (χ0v) is 15.8. The minimum atomic E-state index is -0.679. The summed E-state index contributed by atoms with van der Waals surface area (Å²) in [4.78, 5) is 28.0. The minimum absolute atomic E-state index is 0.261. The maximum Gasteiger partial charge on any atom is 0.331 e. The van der Waals surface area contributed by atoms with Crippen molar-refractivity contribution >= 4 is 52.5 Å². The molecule has 6 nitrogen and oxygen atoms in total. The highest BCUT2D eigenvalue weighted by Crippen LogP contribution is 2.22. The number of aryl methyl sites for hydroxylation is 1. The molecule has 0 bridgehead atoms. The van der Waals surface area contributed by atoms with Crippen LogP contribution in [-0.2, 0) is 14.3 Å². The topological polar surface area (TPSA) is 72.7 Å². The summed E-state index contributed by atoms with van der Waals surface area (Å²) in [6, 6.07) is 10.7. The predicted molar refractivity (Wildman–Crippen MR) is 105 cm³/mol. The Morgan fingerprint density at radius 1 is 1.26 bits per heavy atom. The molecule has 3 aromatic rings. The van der Waals surface area contributed by atoms with Gasteiger partial charge in [-0.2, -0.15) is 0 Å². The monoisotopic (exact) mass is 403 g/mol. The van der Waals surface area contributed by atoms with Crippen molar-refractivity contribution in [3.63, 3.8) is 0 Å². The van der Waals surface area contributed by atoms with Gasteiger partial charge in [0.15, 0.2) is 11.8 Å². The molecule has 0 atom stereocenters. The number of amides is 1. The van der Waals surface area contributed by atoms with Crippen LogP contribution in [0.15, 0.2) is 48.7 Å². The molecule has 0 radical (unpaired) electrons. The summed E-state index contributed by atoms with van der Waals surface area (Å²) in [7, 11) is 0. The van der Waals surface area contributed by atoms with Crippen LogP contribution in [0.1, 0.15) is 11.3 Å². The average Bonchev–Trinajstić information content (AvgIpc) is 2.95. The summed E-state index contributed by atoms with van der Waals surface area (Å²) in [6.07, 6.45) is 4.45. The Morgan fingerprint density at radius 3 is 2.85 bits per heavy atom. The first kappa shape index (κ1) is 18.9. The van der Waals surface area contributed by atoms with Crippen LogP contribution in [0.25, 0.3) is 11.7 Å². The number of carbonyl (C=O) groups excluding carboxylic acids is 2. The molecule has 1 N–H and O–H groups in total. The molecular weight excluding hydrogens is 389 g/mol. The zero-order chi connectivity index (χ0) is 19.4. The van der Waals surface area contributed by atoms with Gasteiger partial charge in [0.2, 0.25) is 0 Å². The van der Waals surface area contributed by atoms with Crippen molar-refractivity contribution in [2.75, 3.05) is 11.9 Å². The van der Waals surface area contributed by atoms with Gasteiger partial charge in [-0.1, -0.05) is 35.3 Å². The summed E-state index contributed by atoms with van der Waals surface area (Å²) < 4.78 is 6.67. The van der Waals surface area contributed by atoms with Gasteiger partial charge in [-0.25, -0.2) is 9.78 Å². The van der Waals surface area contributed by atoms with Crippen molar-refractivity contribution in [3.8, 4) is 0 Å². The molecule has 1 aromatic carbocycles. The SMILES string of the molecule is Cc1ccc(NC(=O)COC(=O)/C=C/c2c(Cl)nc3ccccn23)c(Cl)c1. The quantitative estimate of drug-likeness (QED) is 0.513. The van der Waals surface area contributed by atoms with E-state index in [0.29, 0.717) is 22.1 Å². The molecule has 0 aliphatic carbocycles. The number of anilines is 1. The van der Waals surface area contributed by atoms with Gasteiger partial charge in [-0.3, -0.25) is 9.20 Å². The van der Waals surface area contributed by atoms with E-state index in [0.717, 1.165) is 5.56 Å². The highest BCUT2D eigenvalue weighted by molar-refractivity contribution is 6.33. The van der Waals surface area contributed by atoms with E-state index >= 15 is 0 Å². The van der Waals surface area contributed by atoms with Gasteiger partial charge in [0.05, 0.1) is 16.4 Å². The fraction of sp³-hybridized carbons (Fsp3) is 0.105. The second kappa shape index (κ2) is 8.24. The first-order valence-electron chi connectivity index (χ1n) is 7.97. The number of ether oxygens (including phenoxy) is 1. The average molecular weight is 404 g/mol. The van der Waals surface area contributed by atoms with Crippen molar-refractivity contribution in [1.82, 2.24) is 9.38 Å². The molecule has 138 valence electrons. The van der Waals surface area contributed by atoms with Crippen LogP contribution in [0.3, 0.4) is 0 Å². The molecule has 8 heteroatoms. The highest BCUT2D eigenvalue weighted by Gasteiger charge is 2.10. The Morgan fingerprint density at radius 2 is 2.07 bits per heavy atom. The van der Waals surface area contributed by atoms with Crippen LogP contribution in [0, 0.1) is 6.92 Å². The van der Waals surface area contributed by atoms with Crippen molar-refractivity contribution in [3.05, 3.63) is 70.1 Å². The lowest BCUT2D eigenvalue weighted by atomic mass is 10.2. The standard InChI is InChI=1S/C19H15Cl2N3O3/c1-12-5-6-14(13(20)10-12)22-17(25)11-27-18(26)8-7-15-19(21)23-16-4-2-3-9-24(15)16/h2-10H,11H2,1H3,(H,22,25)/b8-7+. The molecule has 0 aliphatic rings. The first-order valence-corrected chi connectivity index (χ1v) is 8.73. The Bertz CT molecular complexity index is 1040. The van der Waals surface area contributed by atoms with Crippen molar-refractivity contribution in [1.29, 1.82) is 0 Å². The number of nitrogens with one attached hydrogen (secondary N) is 1. The lowest BCUT2D eigenvalue weighted by Gasteiger charge is -2.07. The van der Waals surface area contributed by atoms with Crippen LogP contribution < -0.4 is 5.32 Å². The molecule has 2 heterocycles. The van der Waals surface area contributed by atoms with Gasteiger partial charge in [-0.15, -0.1) is 0 Å². The fourth-order valence-electron chi connectivity index (χ4n) is 2.37. The summed E-state index contributed by atoms with van der Waals surface area (Å²) >= 11 is 12.1. The third kappa shape index (κ3) is 4.67. The number of benzene rings is 1. The van der Waals surface area contributed by atoms with Gasteiger partial charge in [0.25, 0.3) is 5.91 Å². The van der Waals surface area contributed by atoms with E-state index in [-0.39, 0.29) is 5.15 Å². The molecule has 0 unspecified atom stereocenters. The first-order chi connectivity index (χ1) is 12.9. The maximum absolute atomic E-state index is 11.9. The zero-order valence-electron chi connectivity index (χ0n) is 14.3. The molecular formula is C19H15Cl2N3O3. The van der Waals surface area contributed by atoms with Crippen LogP contribution in [-0.4, -0.2) is 27.9 Å². The molecule has 0 saturated carbocycles. The van der Waals surface area contributed by atoms with E-state index in [1.807, 2.05) is 25.1 Å². The van der Waals surface area contributed by atoms with Crippen molar-refractivity contribution in [2.45, 2.75) is 6.92 Å². The third-order valence-corrected chi connectivity index (χ3v) is 4.23. The molecule has 1 amide bonds. The van der Waals surface area contributed by atoms with Crippen LogP contribution in [0.2, 0.25) is 10.2 Å². The fourth-order valence-corrected chi connectivity index (χ4v) is 2.90. The summed E-state index contributed by atoms with van der Waals surface area (Å²) in [5.74, 6) is -1.17. The lowest BCUT2D eigenvalue weighted by molar-refractivity contribution is -0.142. The third-order valence-electron chi connectivity index (χ3n) is 3.64. The van der Waals surface area contributed by atoms with E-state index in [9.17, 15) is 9.59 Å². The number of hydrogen-bond acceptors (Lipinski definition) is 4.